The molecule has 1 aromatic rings. The Kier molecular flexibility index (Phi) is 3.70. The van der Waals surface area contributed by atoms with E-state index in [0.29, 0.717) is 11.7 Å². The molecule has 2 heterocycles. The summed E-state index contributed by atoms with van der Waals surface area (Å²) >= 11 is 2.02. The zero-order chi connectivity index (χ0) is 10.7. The number of hydrogen-bond acceptors (Lipinski definition) is 4. The summed E-state index contributed by atoms with van der Waals surface area (Å²) in [6.07, 6.45) is 4.58. The molecule has 0 spiro atoms. The molecule has 0 bridgehead atoms. The standard InChI is InChI=1S/C11H17NO2S/c1-8(13)10-6-12-11(14-10)5-9-3-2-4-15-7-9/h6,8-9,13H,2-5,7H2,1H3. The van der Waals surface area contributed by atoms with Crippen molar-refractivity contribution in [3.63, 3.8) is 0 Å². The first kappa shape index (κ1) is 11.0. The third kappa shape index (κ3) is 2.98. The lowest BCUT2D eigenvalue weighted by Crippen LogP contribution is -2.13. The molecule has 2 unspecified atom stereocenters. The minimum Gasteiger partial charge on any atom is -0.443 e. The van der Waals surface area contributed by atoms with Gasteiger partial charge in [0.25, 0.3) is 0 Å². The molecule has 1 aromatic heterocycles. The highest BCUT2D eigenvalue weighted by molar-refractivity contribution is 7.99. The average Bonchev–Trinajstić information content (AvgIpc) is 2.68. The first-order chi connectivity index (χ1) is 7.25. The zero-order valence-corrected chi connectivity index (χ0v) is 9.80. The van der Waals surface area contributed by atoms with Crippen molar-refractivity contribution >= 4 is 11.8 Å². The second kappa shape index (κ2) is 5.03. The van der Waals surface area contributed by atoms with Crippen LogP contribution in [-0.2, 0) is 6.42 Å². The van der Waals surface area contributed by atoms with Crippen LogP contribution in [0.15, 0.2) is 10.6 Å². The number of rotatable bonds is 3. The smallest absolute Gasteiger partial charge is 0.194 e. The minimum atomic E-state index is -0.549. The van der Waals surface area contributed by atoms with E-state index in [-0.39, 0.29) is 0 Å². The lowest BCUT2D eigenvalue weighted by molar-refractivity contribution is 0.166. The minimum absolute atomic E-state index is 0.549. The molecule has 0 amide bonds. The molecule has 1 aliphatic rings. The molecule has 1 saturated heterocycles. The van der Waals surface area contributed by atoms with Gasteiger partial charge in [0.05, 0.1) is 6.20 Å². The van der Waals surface area contributed by atoms with E-state index in [4.69, 9.17) is 4.42 Å². The molecule has 2 atom stereocenters. The highest BCUT2D eigenvalue weighted by Gasteiger charge is 2.17. The second-order valence-corrected chi connectivity index (χ2v) is 5.27. The molecule has 15 heavy (non-hydrogen) atoms. The fourth-order valence-corrected chi connectivity index (χ4v) is 2.98. The van der Waals surface area contributed by atoms with E-state index < -0.39 is 6.10 Å². The van der Waals surface area contributed by atoms with Crippen LogP contribution in [0.2, 0.25) is 0 Å². The summed E-state index contributed by atoms with van der Waals surface area (Å²) in [6, 6.07) is 0. The number of hydrogen-bond donors (Lipinski definition) is 1. The topological polar surface area (TPSA) is 46.3 Å². The van der Waals surface area contributed by atoms with Gasteiger partial charge < -0.3 is 9.52 Å². The molecule has 0 saturated carbocycles. The van der Waals surface area contributed by atoms with Gasteiger partial charge in [-0.3, -0.25) is 0 Å². The number of aliphatic hydroxyl groups excluding tert-OH is 1. The SMILES string of the molecule is CC(O)c1cnc(CC2CCCSC2)o1. The Morgan fingerprint density at radius 3 is 3.20 bits per heavy atom. The summed E-state index contributed by atoms with van der Waals surface area (Å²) in [5.74, 6) is 4.56. The molecule has 4 heteroatoms. The van der Waals surface area contributed by atoms with Gasteiger partial charge in [-0.25, -0.2) is 4.98 Å². The van der Waals surface area contributed by atoms with E-state index in [1.54, 1.807) is 13.1 Å². The lowest BCUT2D eigenvalue weighted by Gasteiger charge is -2.19. The molecule has 0 aromatic carbocycles. The van der Waals surface area contributed by atoms with E-state index >= 15 is 0 Å². The zero-order valence-electron chi connectivity index (χ0n) is 8.98. The van der Waals surface area contributed by atoms with E-state index in [1.165, 1.54) is 24.3 Å². The van der Waals surface area contributed by atoms with Crippen molar-refractivity contribution in [3.8, 4) is 0 Å². The largest absolute Gasteiger partial charge is 0.443 e. The summed E-state index contributed by atoms with van der Waals surface area (Å²) < 4.78 is 5.48. The maximum absolute atomic E-state index is 9.31. The Hall–Kier alpha value is -0.480. The molecule has 0 radical (unpaired) electrons. The monoisotopic (exact) mass is 227 g/mol. The van der Waals surface area contributed by atoms with E-state index in [2.05, 4.69) is 4.98 Å². The van der Waals surface area contributed by atoms with Crippen LogP contribution in [0.1, 0.15) is 37.5 Å². The Balaban J connectivity index is 1.91. The predicted octanol–water partition coefficient (Wildman–Crippen LogP) is 2.41. The molecule has 1 N–H and O–H groups in total. The molecule has 0 aliphatic carbocycles. The number of thioether (sulfide) groups is 1. The molecular formula is C11H17NO2S. The van der Waals surface area contributed by atoms with Gasteiger partial charge in [-0.05, 0) is 37.2 Å². The Morgan fingerprint density at radius 2 is 2.60 bits per heavy atom. The fourth-order valence-electron chi connectivity index (χ4n) is 1.83. The van der Waals surface area contributed by atoms with E-state index in [0.717, 1.165) is 12.3 Å². The maximum atomic E-state index is 9.31. The number of aliphatic hydroxyl groups is 1. The van der Waals surface area contributed by atoms with Crippen LogP contribution in [0.4, 0.5) is 0 Å². The Bertz CT molecular complexity index is 305. The number of nitrogens with zero attached hydrogens (tertiary/aromatic N) is 1. The van der Waals surface area contributed by atoms with Crippen LogP contribution in [0.3, 0.4) is 0 Å². The van der Waals surface area contributed by atoms with Crippen LogP contribution in [0.5, 0.6) is 0 Å². The van der Waals surface area contributed by atoms with Crippen molar-refractivity contribution < 1.29 is 9.52 Å². The van der Waals surface area contributed by atoms with E-state index in [1.807, 2.05) is 11.8 Å². The molecule has 84 valence electrons. The van der Waals surface area contributed by atoms with Gasteiger partial charge in [0, 0.05) is 6.42 Å². The van der Waals surface area contributed by atoms with Gasteiger partial charge >= 0.3 is 0 Å². The van der Waals surface area contributed by atoms with Crippen molar-refractivity contribution in [1.29, 1.82) is 0 Å². The van der Waals surface area contributed by atoms with Crippen molar-refractivity contribution in [2.45, 2.75) is 32.3 Å². The second-order valence-electron chi connectivity index (χ2n) is 4.12. The molecule has 3 nitrogen and oxygen atoms in total. The summed E-state index contributed by atoms with van der Waals surface area (Å²) in [5, 5.41) is 9.31. The van der Waals surface area contributed by atoms with Crippen LogP contribution < -0.4 is 0 Å². The van der Waals surface area contributed by atoms with Crippen LogP contribution in [0.25, 0.3) is 0 Å². The summed E-state index contributed by atoms with van der Waals surface area (Å²) in [5.41, 5.74) is 0. The summed E-state index contributed by atoms with van der Waals surface area (Å²) in [7, 11) is 0. The molecular weight excluding hydrogens is 210 g/mol. The predicted molar refractivity (Wildman–Crippen MR) is 60.9 cm³/mol. The van der Waals surface area contributed by atoms with Crippen molar-refractivity contribution in [2.24, 2.45) is 5.92 Å². The third-order valence-corrected chi connectivity index (χ3v) is 3.99. The molecule has 1 aliphatic heterocycles. The van der Waals surface area contributed by atoms with Crippen LogP contribution >= 0.6 is 11.8 Å². The highest BCUT2D eigenvalue weighted by Crippen LogP contribution is 2.26. The van der Waals surface area contributed by atoms with Crippen molar-refractivity contribution in [2.75, 3.05) is 11.5 Å². The first-order valence-corrected chi connectivity index (χ1v) is 6.61. The maximum Gasteiger partial charge on any atom is 0.194 e. The van der Waals surface area contributed by atoms with Crippen molar-refractivity contribution in [1.82, 2.24) is 4.98 Å². The number of oxazole rings is 1. The number of aromatic nitrogens is 1. The molecule has 1 fully saturated rings. The van der Waals surface area contributed by atoms with Crippen LogP contribution in [0, 0.1) is 5.92 Å². The van der Waals surface area contributed by atoms with Gasteiger partial charge in [0.1, 0.15) is 6.10 Å². The van der Waals surface area contributed by atoms with Gasteiger partial charge in [-0.15, -0.1) is 0 Å². The Morgan fingerprint density at radius 1 is 1.73 bits per heavy atom. The third-order valence-electron chi connectivity index (χ3n) is 2.70. The quantitative estimate of drug-likeness (QED) is 0.861. The summed E-state index contributed by atoms with van der Waals surface area (Å²) in [6.45, 7) is 1.70. The normalized spacial score (nSPS) is 24.0. The van der Waals surface area contributed by atoms with Crippen molar-refractivity contribution in [3.05, 3.63) is 17.8 Å². The summed E-state index contributed by atoms with van der Waals surface area (Å²) in [4.78, 5) is 4.20. The average molecular weight is 227 g/mol. The van der Waals surface area contributed by atoms with Gasteiger partial charge in [0.15, 0.2) is 11.7 Å². The van der Waals surface area contributed by atoms with Crippen LogP contribution in [-0.4, -0.2) is 21.6 Å². The molecule has 2 rings (SSSR count). The van der Waals surface area contributed by atoms with E-state index in [9.17, 15) is 5.11 Å². The highest BCUT2D eigenvalue weighted by atomic mass is 32.2. The first-order valence-electron chi connectivity index (χ1n) is 5.46. The van der Waals surface area contributed by atoms with Gasteiger partial charge in [-0.1, -0.05) is 0 Å². The van der Waals surface area contributed by atoms with Gasteiger partial charge in [0.2, 0.25) is 0 Å². The Labute approximate surface area is 94.3 Å². The fraction of sp³-hybridized carbons (Fsp3) is 0.727. The van der Waals surface area contributed by atoms with Gasteiger partial charge in [-0.2, -0.15) is 11.8 Å². The lowest BCUT2D eigenvalue weighted by atomic mass is 10.0.